The molecule has 0 aliphatic rings. The average molecular weight is 219 g/mol. The largest absolute Gasteiger partial charge is 0.464 e. The molecule has 0 spiro atoms. The Labute approximate surface area is 93.0 Å². The van der Waals surface area contributed by atoms with Crippen LogP contribution in [0.25, 0.3) is 11.3 Å². The highest BCUT2D eigenvalue weighted by atomic mass is 16.5. The lowest BCUT2D eigenvalue weighted by atomic mass is 10.2. The van der Waals surface area contributed by atoms with Crippen molar-refractivity contribution in [1.82, 2.24) is 14.8 Å². The second-order valence-electron chi connectivity index (χ2n) is 3.55. The first kappa shape index (κ1) is 10.5. The van der Waals surface area contributed by atoms with Gasteiger partial charge in [-0.1, -0.05) is 0 Å². The van der Waals surface area contributed by atoms with Gasteiger partial charge in [-0.05, 0) is 19.1 Å². The van der Waals surface area contributed by atoms with Crippen LogP contribution in [0, 0.1) is 6.92 Å². The smallest absolute Gasteiger partial charge is 0.354 e. The van der Waals surface area contributed by atoms with Gasteiger partial charge >= 0.3 is 5.97 Å². The van der Waals surface area contributed by atoms with E-state index in [0.29, 0.717) is 5.69 Å². The molecule has 0 amide bonds. The van der Waals surface area contributed by atoms with Gasteiger partial charge in [0.05, 0.1) is 12.8 Å². The monoisotopic (exact) mass is 219 g/mol. The summed E-state index contributed by atoms with van der Waals surface area (Å²) in [6.07, 6.45) is 1.72. The number of aromatic amines is 1. The zero-order chi connectivity index (χ0) is 11.7. The molecular formula is C11H13N3O2. The van der Waals surface area contributed by atoms with Crippen molar-refractivity contribution in [3.05, 3.63) is 29.7 Å². The van der Waals surface area contributed by atoms with Gasteiger partial charge in [-0.15, -0.1) is 0 Å². The summed E-state index contributed by atoms with van der Waals surface area (Å²) in [6.45, 7) is 1.91. The fourth-order valence-corrected chi connectivity index (χ4v) is 1.68. The SMILES string of the molecule is COC(=O)c1cc(-c2ccnn2C)c(C)[nH]1. The number of aryl methyl sites for hydroxylation is 2. The number of rotatable bonds is 2. The van der Waals surface area contributed by atoms with Crippen LogP contribution in [-0.2, 0) is 11.8 Å². The zero-order valence-corrected chi connectivity index (χ0v) is 9.44. The topological polar surface area (TPSA) is 59.9 Å². The second-order valence-corrected chi connectivity index (χ2v) is 3.55. The van der Waals surface area contributed by atoms with Crippen molar-refractivity contribution in [2.24, 2.45) is 7.05 Å². The van der Waals surface area contributed by atoms with E-state index in [0.717, 1.165) is 17.0 Å². The molecule has 0 radical (unpaired) electrons. The number of aromatic nitrogens is 3. The molecule has 5 nitrogen and oxygen atoms in total. The highest BCUT2D eigenvalue weighted by Gasteiger charge is 2.14. The van der Waals surface area contributed by atoms with Gasteiger partial charge < -0.3 is 9.72 Å². The third kappa shape index (κ3) is 1.60. The van der Waals surface area contributed by atoms with Gasteiger partial charge in [-0.2, -0.15) is 5.10 Å². The van der Waals surface area contributed by atoms with Crippen LogP contribution in [-0.4, -0.2) is 27.8 Å². The lowest BCUT2D eigenvalue weighted by Crippen LogP contribution is -2.00. The van der Waals surface area contributed by atoms with Crippen LogP contribution in [0.3, 0.4) is 0 Å². The van der Waals surface area contributed by atoms with E-state index >= 15 is 0 Å². The number of ether oxygens (including phenoxy) is 1. The summed E-state index contributed by atoms with van der Waals surface area (Å²) in [4.78, 5) is 14.4. The number of esters is 1. The maximum absolute atomic E-state index is 11.4. The number of nitrogens with zero attached hydrogens (tertiary/aromatic N) is 2. The molecule has 0 aromatic carbocycles. The highest BCUT2D eigenvalue weighted by molar-refractivity contribution is 5.89. The number of methoxy groups -OCH3 is 1. The summed E-state index contributed by atoms with van der Waals surface area (Å²) in [5.74, 6) is -0.364. The third-order valence-corrected chi connectivity index (χ3v) is 2.52. The normalized spacial score (nSPS) is 10.4. The highest BCUT2D eigenvalue weighted by Crippen LogP contribution is 2.23. The van der Waals surface area contributed by atoms with Gasteiger partial charge in [-0.25, -0.2) is 4.79 Å². The number of nitrogens with one attached hydrogen (secondary N) is 1. The Morgan fingerprint density at radius 2 is 2.31 bits per heavy atom. The first-order valence-corrected chi connectivity index (χ1v) is 4.89. The van der Waals surface area contributed by atoms with Gasteiger partial charge in [0.2, 0.25) is 0 Å². The van der Waals surface area contributed by atoms with E-state index in [1.165, 1.54) is 7.11 Å². The van der Waals surface area contributed by atoms with E-state index in [9.17, 15) is 4.79 Å². The summed E-state index contributed by atoms with van der Waals surface area (Å²) in [7, 11) is 3.22. The second kappa shape index (κ2) is 3.84. The quantitative estimate of drug-likeness (QED) is 0.779. The molecule has 0 saturated heterocycles. The van der Waals surface area contributed by atoms with Gasteiger partial charge in [0.25, 0.3) is 0 Å². The van der Waals surface area contributed by atoms with Gasteiger partial charge in [-0.3, -0.25) is 4.68 Å². The molecule has 0 aliphatic heterocycles. The van der Waals surface area contributed by atoms with Crippen LogP contribution in [0.15, 0.2) is 18.3 Å². The number of carbonyl (C=O) groups is 1. The minimum absolute atomic E-state index is 0.364. The maximum Gasteiger partial charge on any atom is 0.354 e. The van der Waals surface area contributed by atoms with E-state index in [4.69, 9.17) is 0 Å². The average Bonchev–Trinajstić information content (AvgIpc) is 2.83. The first-order chi connectivity index (χ1) is 7.63. The molecule has 16 heavy (non-hydrogen) atoms. The van der Waals surface area contributed by atoms with Crippen molar-refractivity contribution in [1.29, 1.82) is 0 Å². The van der Waals surface area contributed by atoms with Crippen molar-refractivity contribution in [3.8, 4) is 11.3 Å². The van der Waals surface area contributed by atoms with Crippen LogP contribution in [0.4, 0.5) is 0 Å². The zero-order valence-electron chi connectivity index (χ0n) is 9.44. The van der Waals surface area contributed by atoms with Crippen LogP contribution in [0.2, 0.25) is 0 Å². The minimum atomic E-state index is -0.364. The Kier molecular flexibility index (Phi) is 2.52. The van der Waals surface area contributed by atoms with Crippen LogP contribution < -0.4 is 0 Å². The Balaban J connectivity index is 2.47. The van der Waals surface area contributed by atoms with E-state index in [2.05, 4.69) is 14.8 Å². The molecule has 2 aromatic heterocycles. The van der Waals surface area contributed by atoms with Crippen LogP contribution >= 0.6 is 0 Å². The van der Waals surface area contributed by atoms with Crippen molar-refractivity contribution in [2.45, 2.75) is 6.92 Å². The summed E-state index contributed by atoms with van der Waals surface area (Å²) in [5, 5.41) is 4.09. The van der Waals surface area contributed by atoms with Crippen LogP contribution in [0.5, 0.6) is 0 Å². The maximum atomic E-state index is 11.4. The Morgan fingerprint density at radius 1 is 1.56 bits per heavy atom. The summed E-state index contributed by atoms with van der Waals surface area (Å²) < 4.78 is 6.42. The van der Waals surface area contributed by atoms with Crippen LogP contribution in [0.1, 0.15) is 16.2 Å². The standard InChI is InChI=1S/C11H13N3O2/c1-7-8(10-4-5-12-14(10)2)6-9(13-7)11(15)16-3/h4-6,13H,1-3H3. The van der Waals surface area contributed by atoms with Crippen molar-refractivity contribution < 1.29 is 9.53 Å². The van der Waals surface area contributed by atoms with Gasteiger partial charge in [0.15, 0.2) is 0 Å². The fourth-order valence-electron chi connectivity index (χ4n) is 1.68. The number of hydrogen-bond acceptors (Lipinski definition) is 3. The van der Waals surface area contributed by atoms with E-state index in [1.807, 2.05) is 20.0 Å². The lowest BCUT2D eigenvalue weighted by Gasteiger charge is -1.99. The Bertz CT molecular complexity index is 525. The molecule has 84 valence electrons. The summed E-state index contributed by atoms with van der Waals surface area (Å²) in [6, 6.07) is 3.68. The molecule has 2 rings (SSSR count). The third-order valence-electron chi connectivity index (χ3n) is 2.52. The van der Waals surface area contributed by atoms with Crippen molar-refractivity contribution in [3.63, 3.8) is 0 Å². The van der Waals surface area contributed by atoms with Gasteiger partial charge in [0.1, 0.15) is 5.69 Å². The van der Waals surface area contributed by atoms with Gasteiger partial charge in [0, 0.05) is 24.5 Å². The lowest BCUT2D eigenvalue weighted by molar-refractivity contribution is 0.0594. The molecule has 2 aromatic rings. The summed E-state index contributed by atoms with van der Waals surface area (Å²) in [5.41, 5.74) is 3.30. The fraction of sp³-hybridized carbons (Fsp3) is 0.273. The minimum Gasteiger partial charge on any atom is -0.464 e. The van der Waals surface area contributed by atoms with E-state index in [-0.39, 0.29) is 5.97 Å². The predicted octanol–water partition coefficient (Wildman–Crippen LogP) is 1.51. The molecule has 0 fully saturated rings. The molecule has 1 N–H and O–H groups in total. The summed E-state index contributed by atoms with van der Waals surface area (Å²) >= 11 is 0. The first-order valence-electron chi connectivity index (χ1n) is 4.89. The molecule has 2 heterocycles. The number of H-pyrrole nitrogens is 1. The van der Waals surface area contributed by atoms with Crippen molar-refractivity contribution in [2.75, 3.05) is 7.11 Å². The molecule has 0 aliphatic carbocycles. The Hall–Kier alpha value is -2.04. The molecule has 0 atom stereocenters. The molecule has 0 unspecified atom stereocenters. The molecule has 0 bridgehead atoms. The Morgan fingerprint density at radius 3 is 2.88 bits per heavy atom. The number of hydrogen-bond donors (Lipinski definition) is 1. The van der Waals surface area contributed by atoms with E-state index < -0.39 is 0 Å². The molecular weight excluding hydrogens is 206 g/mol. The predicted molar refractivity (Wildman–Crippen MR) is 59.1 cm³/mol. The number of carbonyl (C=O) groups excluding carboxylic acids is 1. The van der Waals surface area contributed by atoms with Crippen molar-refractivity contribution >= 4 is 5.97 Å². The van der Waals surface area contributed by atoms with E-state index in [1.54, 1.807) is 16.9 Å². The molecule has 0 saturated carbocycles. The molecule has 5 heteroatoms.